The van der Waals surface area contributed by atoms with Gasteiger partial charge in [-0.05, 0) is 34.9 Å². The summed E-state index contributed by atoms with van der Waals surface area (Å²) >= 11 is 0. The molecule has 1 aromatic carbocycles. The molecule has 2 amide bonds. The van der Waals surface area contributed by atoms with Gasteiger partial charge in [-0.25, -0.2) is 0 Å². The number of hydrogen-bond acceptors (Lipinski definition) is 6. The van der Waals surface area contributed by atoms with Crippen molar-refractivity contribution in [1.29, 1.82) is 0 Å². The molecule has 0 aliphatic carbocycles. The van der Waals surface area contributed by atoms with E-state index in [1.807, 2.05) is 29.2 Å². The zero-order chi connectivity index (χ0) is 20.0. The van der Waals surface area contributed by atoms with Gasteiger partial charge in [0.1, 0.15) is 12.0 Å². The average molecular weight is 392 g/mol. The normalized spacial score (nSPS) is 22.9. The molecule has 1 fully saturated rings. The van der Waals surface area contributed by atoms with E-state index in [1.165, 1.54) is 11.0 Å². The number of nitrogens with zero attached hydrogens (tertiary/aromatic N) is 6. The van der Waals surface area contributed by atoms with Crippen LogP contribution >= 0.6 is 0 Å². The number of rotatable bonds is 4. The lowest BCUT2D eigenvalue weighted by atomic mass is 9.73. The summed E-state index contributed by atoms with van der Waals surface area (Å²) in [5, 5.41) is 20.9. The summed E-state index contributed by atoms with van der Waals surface area (Å²) in [7, 11) is 0. The van der Waals surface area contributed by atoms with Crippen molar-refractivity contribution in [3.8, 4) is 5.82 Å². The summed E-state index contributed by atoms with van der Waals surface area (Å²) in [6.07, 6.45) is 3.61. The summed E-state index contributed by atoms with van der Waals surface area (Å²) in [5.74, 6) is 0.235. The quantitative estimate of drug-likeness (QED) is 0.690. The van der Waals surface area contributed by atoms with Crippen molar-refractivity contribution < 1.29 is 9.59 Å². The minimum Gasteiger partial charge on any atom is -0.333 e. The molecule has 2 atom stereocenters. The molecule has 1 saturated heterocycles. The maximum absolute atomic E-state index is 13.3. The van der Waals surface area contributed by atoms with Gasteiger partial charge < -0.3 is 10.2 Å². The topological polar surface area (TPSA) is 122 Å². The van der Waals surface area contributed by atoms with Gasteiger partial charge in [0, 0.05) is 18.3 Å². The highest BCUT2D eigenvalue weighted by Crippen LogP contribution is 2.49. The fraction of sp³-hybridized carbons (Fsp3) is 0.368. The van der Waals surface area contributed by atoms with Gasteiger partial charge in [-0.2, -0.15) is 9.78 Å². The van der Waals surface area contributed by atoms with Crippen LogP contribution in [0.25, 0.3) is 5.82 Å². The molecular formula is C19H20N8O2. The lowest BCUT2D eigenvalue weighted by Gasteiger charge is -2.33. The van der Waals surface area contributed by atoms with Crippen molar-refractivity contribution in [3.63, 3.8) is 0 Å². The van der Waals surface area contributed by atoms with Crippen molar-refractivity contribution in [1.82, 2.24) is 35.3 Å². The number of anilines is 1. The Morgan fingerprint density at radius 3 is 3.00 bits per heavy atom. The fourth-order valence-electron chi connectivity index (χ4n) is 4.68. The number of amides is 2. The Bertz CT molecular complexity index is 1080. The predicted octanol–water partition coefficient (Wildman–Crippen LogP) is 1.29. The van der Waals surface area contributed by atoms with Gasteiger partial charge in [-0.1, -0.05) is 31.5 Å². The summed E-state index contributed by atoms with van der Waals surface area (Å²) < 4.78 is 1.38. The van der Waals surface area contributed by atoms with Crippen LogP contribution in [-0.4, -0.2) is 59.7 Å². The zero-order valence-electron chi connectivity index (χ0n) is 15.9. The van der Waals surface area contributed by atoms with Crippen molar-refractivity contribution in [2.45, 2.75) is 37.6 Å². The monoisotopic (exact) mass is 392 g/mol. The zero-order valence-corrected chi connectivity index (χ0v) is 15.9. The van der Waals surface area contributed by atoms with Crippen molar-refractivity contribution in [2.24, 2.45) is 0 Å². The van der Waals surface area contributed by atoms with Crippen LogP contribution in [0.3, 0.4) is 0 Å². The van der Waals surface area contributed by atoms with Gasteiger partial charge in [0.05, 0.1) is 11.5 Å². The number of aromatic nitrogens is 6. The van der Waals surface area contributed by atoms with Crippen LogP contribution < -0.4 is 5.32 Å². The standard InChI is InChI=1S/C19H20N8O2/c1-2-5-15-19(12-6-3-4-7-13(12)21-18(19)29)8-9-26(15)17(28)14-10-16(23-22-14)27-11-20-24-25-27/h3-4,6-7,10-11,15H,2,5,8-9H2,1H3,(H,21,29)(H,22,23)/t15-,19-/m0/s1. The minimum atomic E-state index is -0.707. The molecule has 0 unspecified atom stereocenters. The molecule has 1 spiro atoms. The van der Waals surface area contributed by atoms with Gasteiger partial charge in [0.2, 0.25) is 5.91 Å². The highest BCUT2D eigenvalue weighted by molar-refractivity contribution is 6.08. The summed E-state index contributed by atoms with van der Waals surface area (Å²) in [6, 6.07) is 9.18. The predicted molar refractivity (Wildman–Crippen MR) is 102 cm³/mol. The molecule has 0 saturated carbocycles. The largest absolute Gasteiger partial charge is 0.333 e. The third-order valence-electron chi connectivity index (χ3n) is 5.95. The Morgan fingerprint density at radius 1 is 1.34 bits per heavy atom. The maximum Gasteiger partial charge on any atom is 0.272 e. The number of benzene rings is 1. The first kappa shape index (κ1) is 17.5. The van der Waals surface area contributed by atoms with Crippen molar-refractivity contribution >= 4 is 17.5 Å². The highest BCUT2D eigenvalue weighted by atomic mass is 16.2. The van der Waals surface area contributed by atoms with Crippen LogP contribution in [0.1, 0.15) is 42.2 Å². The van der Waals surface area contributed by atoms with E-state index in [4.69, 9.17) is 0 Å². The molecule has 2 N–H and O–H groups in total. The van der Waals surface area contributed by atoms with Crippen LogP contribution in [0.4, 0.5) is 5.69 Å². The fourth-order valence-corrected chi connectivity index (χ4v) is 4.68. The molecule has 0 radical (unpaired) electrons. The molecular weight excluding hydrogens is 372 g/mol. The third-order valence-corrected chi connectivity index (χ3v) is 5.95. The van der Waals surface area contributed by atoms with Crippen LogP contribution in [0.5, 0.6) is 0 Å². The Kier molecular flexibility index (Phi) is 3.93. The molecule has 3 aromatic rings. The van der Waals surface area contributed by atoms with Crippen LogP contribution in [0.15, 0.2) is 36.7 Å². The molecule has 148 valence electrons. The summed E-state index contributed by atoms with van der Waals surface area (Å²) in [4.78, 5) is 28.3. The van der Waals surface area contributed by atoms with Crippen LogP contribution in [-0.2, 0) is 10.2 Å². The lowest BCUT2D eigenvalue weighted by molar-refractivity contribution is -0.121. The molecule has 2 aliphatic heterocycles. The van der Waals surface area contributed by atoms with Gasteiger partial charge >= 0.3 is 0 Å². The lowest BCUT2D eigenvalue weighted by Crippen LogP contribution is -2.48. The second-order valence-electron chi connectivity index (χ2n) is 7.42. The summed E-state index contributed by atoms with van der Waals surface area (Å²) in [5.41, 5.74) is 1.47. The second kappa shape index (κ2) is 6.50. The van der Waals surface area contributed by atoms with Crippen LogP contribution in [0.2, 0.25) is 0 Å². The molecule has 4 heterocycles. The maximum atomic E-state index is 13.3. The first-order valence-corrected chi connectivity index (χ1v) is 9.66. The van der Waals surface area contributed by atoms with Gasteiger partial charge in [-0.15, -0.1) is 5.10 Å². The van der Waals surface area contributed by atoms with E-state index < -0.39 is 5.41 Å². The van der Waals surface area contributed by atoms with Crippen molar-refractivity contribution in [2.75, 3.05) is 11.9 Å². The third kappa shape index (κ3) is 2.48. The van der Waals surface area contributed by atoms with E-state index >= 15 is 0 Å². The van der Waals surface area contributed by atoms with Gasteiger partial charge in [-0.3, -0.25) is 14.7 Å². The van der Waals surface area contributed by atoms with E-state index in [1.54, 1.807) is 6.07 Å². The molecule has 5 rings (SSSR count). The number of carbonyl (C=O) groups excluding carboxylic acids is 2. The smallest absolute Gasteiger partial charge is 0.272 e. The molecule has 2 aliphatic rings. The Labute approximate surface area is 166 Å². The SMILES string of the molecule is CCC[C@@H]1N(C(=O)c2cc(-n3cnnn3)n[nH]2)CC[C@@]12C(=O)Nc1ccccc12. The second-order valence-corrected chi connectivity index (χ2v) is 7.42. The Balaban J connectivity index is 1.50. The van der Waals surface area contributed by atoms with E-state index in [2.05, 4.69) is 38.0 Å². The molecule has 29 heavy (non-hydrogen) atoms. The number of hydrogen-bond donors (Lipinski definition) is 2. The number of tetrazole rings is 1. The molecule has 10 heteroatoms. The van der Waals surface area contributed by atoms with E-state index in [-0.39, 0.29) is 17.9 Å². The Hall–Kier alpha value is -3.56. The van der Waals surface area contributed by atoms with Gasteiger partial charge in [0.25, 0.3) is 5.91 Å². The number of fused-ring (bicyclic) bond motifs is 2. The number of aromatic amines is 1. The number of H-pyrrole nitrogens is 1. The highest BCUT2D eigenvalue weighted by Gasteiger charge is 2.58. The van der Waals surface area contributed by atoms with Gasteiger partial charge in [0.15, 0.2) is 5.82 Å². The molecule has 0 bridgehead atoms. The van der Waals surface area contributed by atoms with E-state index in [9.17, 15) is 9.59 Å². The molecule has 10 nitrogen and oxygen atoms in total. The first-order valence-electron chi connectivity index (χ1n) is 9.66. The number of likely N-dealkylation sites (tertiary alicyclic amines) is 1. The Morgan fingerprint density at radius 2 is 2.21 bits per heavy atom. The number of carbonyl (C=O) groups is 2. The summed E-state index contributed by atoms with van der Waals surface area (Å²) in [6.45, 7) is 2.57. The number of para-hydroxylation sites is 1. The van der Waals surface area contributed by atoms with E-state index in [0.717, 1.165) is 24.1 Å². The number of nitrogens with one attached hydrogen (secondary N) is 2. The van der Waals surface area contributed by atoms with Crippen LogP contribution in [0, 0.1) is 0 Å². The first-order chi connectivity index (χ1) is 14.1. The molecule has 2 aromatic heterocycles. The average Bonchev–Trinajstić information content (AvgIpc) is 3.50. The minimum absolute atomic E-state index is 0.0218. The van der Waals surface area contributed by atoms with E-state index in [0.29, 0.717) is 24.5 Å². The van der Waals surface area contributed by atoms with Crippen molar-refractivity contribution in [3.05, 3.63) is 47.9 Å².